The molecule has 1 aliphatic rings. The smallest absolute Gasteiger partial charge is 0.338 e. The number of ether oxygens (including phenoxy) is 2. The van der Waals surface area contributed by atoms with Gasteiger partial charge in [0.1, 0.15) is 0 Å². The van der Waals surface area contributed by atoms with E-state index in [0.717, 1.165) is 28.2 Å². The fourth-order valence-electron chi connectivity index (χ4n) is 5.74. The summed E-state index contributed by atoms with van der Waals surface area (Å²) in [5, 5.41) is 0.538. The maximum absolute atomic E-state index is 14.3. The van der Waals surface area contributed by atoms with Gasteiger partial charge in [0.15, 0.2) is 4.80 Å². The first-order valence-corrected chi connectivity index (χ1v) is 15.8. The molecule has 6 rings (SSSR count). The summed E-state index contributed by atoms with van der Waals surface area (Å²) in [5.41, 5.74) is 5.98. The minimum Gasteiger partial charge on any atom is -0.465 e. The number of esters is 2. The predicted octanol–water partition coefficient (Wildman–Crippen LogP) is 5.78. The van der Waals surface area contributed by atoms with Gasteiger partial charge in [-0.15, -0.1) is 0 Å². The largest absolute Gasteiger partial charge is 0.465 e. The highest BCUT2D eigenvalue weighted by atomic mass is 35.5. The molecule has 0 fully saturated rings. The fourth-order valence-corrected chi connectivity index (χ4v) is 6.86. The van der Waals surface area contributed by atoms with Crippen LogP contribution < -0.4 is 14.9 Å². The lowest BCUT2D eigenvalue weighted by atomic mass is 9.93. The second kappa shape index (κ2) is 12.8. The van der Waals surface area contributed by atoms with Crippen molar-refractivity contribution >= 4 is 46.6 Å². The summed E-state index contributed by atoms with van der Waals surface area (Å²) in [6.45, 7) is 5.88. The summed E-state index contributed by atoms with van der Waals surface area (Å²) in [7, 11) is 1.35. The van der Waals surface area contributed by atoms with Crippen LogP contribution in [0.15, 0.2) is 100 Å². The molecule has 0 amide bonds. The molecule has 0 aliphatic carbocycles. The van der Waals surface area contributed by atoms with Crippen LogP contribution in [-0.2, 0) is 14.3 Å². The molecule has 5 aromatic rings. The Labute approximate surface area is 274 Å². The molecule has 0 saturated carbocycles. The standard InChI is InChI=1S/C36H30ClN3O5S/c1-5-45-35(43)30-31(23-9-7-6-8-10-23)38-36-40(32(30)24-11-15-27(37)16-12-24)33(41)29(46-36)20-26-19-21(2)39(22(26)3)28-17-13-25(14-18-28)34(42)44-4/h6-20,32H,5H2,1-4H3/b29-20+/t32-/m1/s1. The van der Waals surface area contributed by atoms with Crippen molar-refractivity contribution in [3.63, 3.8) is 0 Å². The van der Waals surface area contributed by atoms with Crippen LogP contribution in [0.25, 0.3) is 17.5 Å². The molecule has 3 heterocycles. The van der Waals surface area contributed by atoms with Gasteiger partial charge in [0.25, 0.3) is 5.56 Å². The molecule has 0 N–H and O–H groups in total. The average Bonchev–Trinajstić information content (AvgIpc) is 3.53. The molecule has 2 aromatic heterocycles. The van der Waals surface area contributed by atoms with E-state index in [2.05, 4.69) is 4.57 Å². The lowest BCUT2D eigenvalue weighted by Crippen LogP contribution is -2.40. The van der Waals surface area contributed by atoms with E-state index in [9.17, 15) is 14.4 Å². The molecule has 3 aromatic carbocycles. The summed E-state index contributed by atoms with van der Waals surface area (Å²) in [6.07, 6.45) is 1.86. The molecule has 232 valence electrons. The number of halogens is 1. The van der Waals surface area contributed by atoms with Gasteiger partial charge >= 0.3 is 11.9 Å². The van der Waals surface area contributed by atoms with Gasteiger partial charge in [0.2, 0.25) is 0 Å². The Morgan fingerprint density at radius 2 is 1.67 bits per heavy atom. The highest BCUT2D eigenvalue weighted by Crippen LogP contribution is 2.35. The maximum Gasteiger partial charge on any atom is 0.338 e. The van der Waals surface area contributed by atoms with E-state index in [1.54, 1.807) is 35.8 Å². The highest BCUT2D eigenvalue weighted by Gasteiger charge is 2.35. The van der Waals surface area contributed by atoms with Gasteiger partial charge < -0.3 is 14.0 Å². The first kappa shape index (κ1) is 31.0. The molecule has 10 heteroatoms. The molecule has 1 aliphatic heterocycles. The predicted molar refractivity (Wildman–Crippen MR) is 179 cm³/mol. The second-order valence-corrected chi connectivity index (χ2v) is 12.1. The molecule has 0 unspecified atom stereocenters. The Kier molecular flexibility index (Phi) is 8.62. The van der Waals surface area contributed by atoms with Crippen LogP contribution in [0.3, 0.4) is 0 Å². The third-order valence-corrected chi connectivity index (χ3v) is 9.10. The molecular weight excluding hydrogens is 622 g/mol. The van der Waals surface area contributed by atoms with Crippen LogP contribution in [0, 0.1) is 13.8 Å². The average molecular weight is 652 g/mol. The molecule has 0 spiro atoms. The van der Waals surface area contributed by atoms with E-state index in [4.69, 9.17) is 26.1 Å². The van der Waals surface area contributed by atoms with Crippen molar-refractivity contribution in [3.8, 4) is 5.69 Å². The molecule has 0 saturated heterocycles. The fraction of sp³-hybridized carbons (Fsp3) is 0.167. The van der Waals surface area contributed by atoms with Crippen molar-refractivity contribution in [2.45, 2.75) is 26.8 Å². The number of hydrogen-bond donors (Lipinski definition) is 0. The van der Waals surface area contributed by atoms with E-state index in [0.29, 0.717) is 31.2 Å². The third kappa shape index (κ3) is 5.63. The summed E-state index contributed by atoms with van der Waals surface area (Å²) in [4.78, 5) is 45.2. The number of rotatable bonds is 7. The van der Waals surface area contributed by atoms with Crippen LogP contribution in [0.1, 0.15) is 51.4 Å². The van der Waals surface area contributed by atoms with Gasteiger partial charge in [-0.2, -0.15) is 0 Å². The Bertz CT molecular complexity index is 2180. The van der Waals surface area contributed by atoms with Crippen molar-refractivity contribution in [2.24, 2.45) is 4.99 Å². The monoisotopic (exact) mass is 651 g/mol. The number of carbonyl (C=O) groups excluding carboxylic acids is 2. The van der Waals surface area contributed by atoms with E-state index < -0.39 is 18.0 Å². The zero-order valence-electron chi connectivity index (χ0n) is 25.6. The van der Waals surface area contributed by atoms with E-state index in [1.165, 1.54) is 18.4 Å². The Balaban J connectivity index is 1.54. The highest BCUT2D eigenvalue weighted by molar-refractivity contribution is 7.07. The summed E-state index contributed by atoms with van der Waals surface area (Å²) in [5.74, 6) is -0.942. The van der Waals surface area contributed by atoms with Crippen LogP contribution in [0.4, 0.5) is 0 Å². The lowest BCUT2D eigenvalue weighted by molar-refractivity contribution is -0.138. The van der Waals surface area contributed by atoms with E-state index in [-0.39, 0.29) is 17.7 Å². The number of thiazole rings is 1. The summed E-state index contributed by atoms with van der Waals surface area (Å²) < 4.78 is 14.5. The zero-order chi connectivity index (χ0) is 32.5. The zero-order valence-corrected chi connectivity index (χ0v) is 27.2. The van der Waals surface area contributed by atoms with Crippen molar-refractivity contribution in [2.75, 3.05) is 13.7 Å². The quantitative estimate of drug-likeness (QED) is 0.208. The molecule has 0 bridgehead atoms. The number of hydrogen-bond acceptors (Lipinski definition) is 7. The molecule has 8 nitrogen and oxygen atoms in total. The maximum atomic E-state index is 14.3. The van der Waals surface area contributed by atoms with Gasteiger partial charge in [0, 0.05) is 27.7 Å². The second-order valence-electron chi connectivity index (χ2n) is 10.7. The third-order valence-electron chi connectivity index (χ3n) is 7.86. The number of methoxy groups -OCH3 is 1. The number of fused-ring (bicyclic) bond motifs is 1. The summed E-state index contributed by atoms with van der Waals surface area (Å²) >= 11 is 7.50. The number of aromatic nitrogens is 2. The molecule has 0 radical (unpaired) electrons. The van der Waals surface area contributed by atoms with Gasteiger partial charge in [-0.1, -0.05) is 65.4 Å². The number of aryl methyl sites for hydroxylation is 1. The minimum atomic E-state index is -0.786. The number of nitrogens with zero attached hydrogens (tertiary/aromatic N) is 3. The Morgan fingerprint density at radius 3 is 2.33 bits per heavy atom. The van der Waals surface area contributed by atoms with Gasteiger partial charge in [-0.25, -0.2) is 14.6 Å². The van der Waals surface area contributed by atoms with Crippen LogP contribution >= 0.6 is 22.9 Å². The molecule has 1 atom stereocenters. The lowest BCUT2D eigenvalue weighted by Gasteiger charge is -2.25. The van der Waals surface area contributed by atoms with Gasteiger partial charge in [0.05, 0.1) is 41.1 Å². The molecule has 46 heavy (non-hydrogen) atoms. The topological polar surface area (TPSA) is 91.9 Å². The molecular formula is C36H30ClN3O5S. The van der Waals surface area contributed by atoms with Crippen LogP contribution in [-0.4, -0.2) is 34.8 Å². The Hall–Kier alpha value is -4.99. The normalized spacial score (nSPS) is 14.5. The van der Waals surface area contributed by atoms with Crippen LogP contribution in [0.5, 0.6) is 0 Å². The van der Waals surface area contributed by atoms with Crippen molar-refractivity contribution in [1.82, 2.24) is 9.13 Å². The van der Waals surface area contributed by atoms with Crippen molar-refractivity contribution in [3.05, 3.63) is 149 Å². The Morgan fingerprint density at radius 1 is 0.978 bits per heavy atom. The van der Waals surface area contributed by atoms with E-state index in [1.807, 2.05) is 80.6 Å². The van der Waals surface area contributed by atoms with Gasteiger partial charge in [-0.3, -0.25) is 9.36 Å². The first-order chi connectivity index (χ1) is 22.2. The number of benzene rings is 3. The van der Waals surface area contributed by atoms with E-state index >= 15 is 0 Å². The minimum absolute atomic E-state index is 0.170. The first-order valence-electron chi connectivity index (χ1n) is 14.6. The number of carbonyl (C=O) groups is 2. The van der Waals surface area contributed by atoms with Crippen LogP contribution in [0.2, 0.25) is 5.02 Å². The van der Waals surface area contributed by atoms with Gasteiger partial charge in [-0.05, 0) is 80.4 Å². The summed E-state index contributed by atoms with van der Waals surface area (Å²) in [6, 6.07) is 24.9. The SMILES string of the molecule is CCOC(=O)C1=C(c2ccccc2)N=c2s/c(=C/c3cc(C)n(-c4ccc(C(=O)OC)cc4)c3C)c(=O)n2[C@@H]1c1ccc(Cl)cc1. The van der Waals surface area contributed by atoms with Crippen molar-refractivity contribution in [1.29, 1.82) is 0 Å². The van der Waals surface area contributed by atoms with Crippen molar-refractivity contribution < 1.29 is 19.1 Å².